The van der Waals surface area contributed by atoms with Crippen LogP contribution in [0.4, 0.5) is 5.82 Å². The van der Waals surface area contributed by atoms with Crippen LogP contribution >= 0.6 is 0 Å². The lowest BCUT2D eigenvalue weighted by molar-refractivity contribution is 0.0575. The lowest BCUT2D eigenvalue weighted by Crippen LogP contribution is -2.45. The van der Waals surface area contributed by atoms with Crippen LogP contribution in [0.25, 0.3) is 0 Å². The van der Waals surface area contributed by atoms with Gasteiger partial charge in [0.1, 0.15) is 17.2 Å². The van der Waals surface area contributed by atoms with E-state index in [0.717, 1.165) is 5.82 Å². The minimum absolute atomic E-state index is 0.161. The number of rotatable bonds is 5. The zero-order chi connectivity index (χ0) is 17.9. The molecule has 8 heteroatoms. The predicted molar refractivity (Wildman–Crippen MR) is 92.3 cm³/mol. The summed E-state index contributed by atoms with van der Waals surface area (Å²) in [6.45, 7) is 5.21. The van der Waals surface area contributed by atoms with E-state index in [9.17, 15) is 9.90 Å². The van der Waals surface area contributed by atoms with Crippen LogP contribution in [0, 0.1) is 0 Å². The van der Waals surface area contributed by atoms with E-state index in [0.29, 0.717) is 30.9 Å². The number of nitrogens with zero attached hydrogens (tertiary/aromatic N) is 5. The Morgan fingerprint density at radius 1 is 1.28 bits per heavy atom. The van der Waals surface area contributed by atoms with Crippen LogP contribution < -0.4 is 10.2 Å². The third-order valence-electron chi connectivity index (χ3n) is 4.23. The van der Waals surface area contributed by atoms with Gasteiger partial charge >= 0.3 is 0 Å². The first kappa shape index (κ1) is 17.2. The molecule has 1 aliphatic heterocycles. The second-order valence-corrected chi connectivity index (χ2v) is 6.63. The summed E-state index contributed by atoms with van der Waals surface area (Å²) >= 11 is 0. The number of aliphatic hydroxyl groups is 1. The number of aromatic nitrogens is 4. The summed E-state index contributed by atoms with van der Waals surface area (Å²) in [5.74, 6) is 1.35. The molecule has 0 bridgehead atoms. The zero-order valence-corrected chi connectivity index (χ0v) is 14.4. The van der Waals surface area contributed by atoms with Crippen LogP contribution in [0.15, 0.2) is 31.0 Å². The van der Waals surface area contributed by atoms with E-state index in [1.807, 2.05) is 18.7 Å². The molecule has 1 fully saturated rings. The quantitative estimate of drug-likeness (QED) is 0.826. The molecule has 2 aromatic heterocycles. The van der Waals surface area contributed by atoms with E-state index in [4.69, 9.17) is 0 Å². The molecule has 0 unspecified atom stereocenters. The van der Waals surface area contributed by atoms with Gasteiger partial charge in [0.05, 0.1) is 11.8 Å². The van der Waals surface area contributed by atoms with Gasteiger partial charge in [-0.15, -0.1) is 0 Å². The highest BCUT2D eigenvalue weighted by molar-refractivity contribution is 5.93. The van der Waals surface area contributed by atoms with Gasteiger partial charge in [-0.05, 0) is 6.42 Å². The largest absolute Gasteiger partial charge is 0.386 e. The molecule has 3 heterocycles. The molecule has 0 saturated carbocycles. The van der Waals surface area contributed by atoms with Crippen molar-refractivity contribution in [1.29, 1.82) is 0 Å². The molecule has 1 saturated heterocycles. The van der Waals surface area contributed by atoms with Gasteiger partial charge in [0, 0.05) is 50.3 Å². The van der Waals surface area contributed by atoms with Gasteiger partial charge in [0.2, 0.25) is 0 Å². The summed E-state index contributed by atoms with van der Waals surface area (Å²) in [7, 11) is 0. The van der Waals surface area contributed by atoms with Gasteiger partial charge in [-0.1, -0.05) is 13.8 Å². The molecule has 3 rings (SSSR count). The lowest BCUT2D eigenvalue weighted by atomic mass is 10.0. The number of hydrogen-bond donors (Lipinski definition) is 2. The van der Waals surface area contributed by atoms with Crippen molar-refractivity contribution >= 4 is 11.7 Å². The molecule has 1 atom stereocenters. The number of carbonyl (C=O) groups excluding carboxylic acids is 1. The Kier molecular flexibility index (Phi) is 4.89. The van der Waals surface area contributed by atoms with E-state index < -0.39 is 5.60 Å². The Morgan fingerprint density at radius 3 is 2.68 bits per heavy atom. The van der Waals surface area contributed by atoms with E-state index in [1.54, 1.807) is 18.6 Å². The van der Waals surface area contributed by atoms with E-state index in [1.165, 1.54) is 12.4 Å². The highest BCUT2D eigenvalue weighted by atomic mass is 16.3. The van der Waals surface area contributed by atoms with Crippen LogP contribution in [-0.2, 0) is 0 Å². The smallest absolute Gasteiger partial charge is 0.254 e. The molecule has 2 aromatic rings. The van der Waals surface area contributed by atoms with Crippen LogP contribution in [0.5, 0.6) is 0 Å². The molecular formula is C17H22N6O2. The van der Waals surface area contributed by atoms with Crippen molar-refractivity contribution in [3.63, 3.8) is 0 Å². The van der Waals surface area contributed by atoms with Gasteiger partial charge in [-0.3, -0.25) is 9.78 Å². The third-order valence-corrected chi connectivity index (χ3v) is 4.23. The number of amides is 1. The second-order valence-electron chi connectivity index (χ2n) is 6.63. The Labute approximate surface area is 146 Å². The number of carbonyl (C=O) groups is 1. The Hall–Kier alpha value is -2.61. The maximum Gasteiger partial charge on any atom is 0.254 e. The minimum Gasteiger partial charge on any atom is -0.386 e. The van der Waals surface area contributed by atoms with Crippen LogP contribution in [0.3, 0.4) is 0 Å². The van der Waals surface area contributed by atoms with Crippen molar-refractivity contribution < 1.29 is 9.90 Å². The fourth-order valence-corrected chi connectivity index (χ4v) is 2.75. The Bertz CT molecular complexity index is 722. The summed E-state index contributed by atoms with van der Waals surface area (Å²) in [6.07, 6.45) is 8.48. The molecule has 1 amide bonds. The average Bonchev–Trinajstić information content (AvgIpc) is 3.03. The molecule has 132 valence electrons. The second kappa shape index (κ2) is 7.10. The molecule has 0 spiro atoms. The van der Waals surface area contributed by atoms with Gasteiger partial charge in [0.25, 0.3) is 5.91 Å². The normalized spacial score (nSPS) is 20.1. The summed E-state index contributed by atoms with van der Waals surface area (Å²) < 4.78 is 0. The molecule has 0 aliphatic carbocycles. The molecule has 8 nitrogen and oxygen atoms in total. The summed E-state index contributed by atoms with van der Waals surface area (Å²) in [5.41, 5.74) is -0.608. The topological polar surface area (TPSA) is 104 Å². The highest BCUT2D eigenvalue weighted by Crippen LogP contribution is 2.24. The number of hydrogen-bond acceptors (Lipinski definition) is 7. The first-order chi connectivity index (χ1) is 12.0. The Balaban J connectivity index is 1.56. The number of β-amino-alcohol motifs (C(OH)–C–C–N with tert-alkyl or cyclic N) is 1. The summed E-state index contributed by atoms with van der Waals surface area (Å²) in [4.78, 5) is 30.9. The van der Waals surface area contributed by atoms with Gasteiger partial charge in [-0.2, -0.15) is 0 Å². The van der Waals surface area contributed by atoms with Crippen molar-refractivity contribution in [1.82, 2.24) is 25.3 Å². The van der Waals surface area contributed by atoms with E-state index >= 15 is 0 Å². The van der Waals surface area contributed by atoms with E-state index in [2.05, 4.69) is 25.3 Å². The Morgan fingerprint density at radius 2 is 2.04 bits per heavy atom. The molecular weight excluding hydrogens is 320 g/mol. The average molecular weight is 342 g/mol. The van der Waals surface area contributed by atoms with E-state index in [-0.39, 0.29) is 18.4 Å². The van der Waals surface area contributed by atoms with Crippen molar-refractivity contribution in [3.05, 3.63) is 42.4 Å². The van der Waals surface area contributed by atoms with Crippen molar-refractivity contribution in [2.75, 3.05) is 24.5 Å². The fourth-order valence-electron chi connectivity index (χ4n) is 2.75. The van der Waals surface area contributed by atoms with Gasteiger partial charge < -0.3 is 15.3 Å². The van der Waals surface area contributed by atoms with Crippen molar-refractivity contribution in [2.45, 2.75) is 31.8 Å². The first-order valence-electron chi connectivity index (χ1n) is 8.30. The molecule has 0 radical (unpaired) electrons. The first-order valence-corrected chi connectivity index (χ1v) is 8.30. The van der Waals surface area contributed by atoms with Crippen LogP contribution in [0.1, 0.15) is 42.4 Å². The highest BCUT2D eigenvalue weighted by Gasteiger charge is 2.37. The van der Waals surface area contributed by atoms with Gasteiger partial charge in [0.15, 0.2) is 0 Å². The van der Waals surface area contributed by atoms with Gasteiger partial charge in [-0.25, -0.2) is 15.0 Å². The monoisotopic (exact) mass is 342 g/mol. The van der Waals surface area contributed by atoms with Crippen molar-refractivity contribution in [2.24, 2.45) is 0 Å². The van der Waals surface area contributed by atoms with Crippen LogP contribution in [0.2, 0.25) is 0 Å². The lowest BCUT2D eigenvalue weighted by Gasteiger charge is -2.24. The fraction of sp³-hybridized carbons (Fsp3) is 0.471. The SMILES string of the molecule is CC(C)c1ncc(C(=O)NC[C@@]2(O)CCN(c3cnccn3)C2)cn1. The third kappa shape index (κ3) is 4.08. The molecule has 2 N–H and O–H groups in total. The van der Waals surface area contributed by atoms with Crippen LogP contribution in [-0.4, -0.2) is 56.2 Å². The minimum atomic E-state index is -0.994. The summed E-state index contributed by atoms with van der Waals surface area (Å²) in [5, 5.41) is 13.5. The molecule has 0 aromatic carbocycles. The molecule has 1 aliphatic rings. The maximum absolute atomic E-state index is 12.2. The standard InChI is InChI=1S/C17H22N6O2/c1-12(2)15-20-7-13(8-21-15)16(24)22-10-17(25)3-6-23(11-17)14-9-18-4-5-19-14/h4-5,7-9,12,25H,3,6,10-11H2,1-2H3,(H,22,24)/t17-/m0/s1. The predicted octanol–water partition coefficient (Wildman–Crippen LogP) is 0.761. The maximum atomic E-state index is 12.2. The zero-order valence-electron chi connectivity index (χ0n) is 14.4. The molecule has 25 heavy (non-hydrogen) atoms. The van der Waals surface area contributed by atoms with Crippen molar-refractivity contribution in [3.8, 4) is 0 Å². The summed E-state index contributed by atoms with van der Waals surface area (Å²) in [6, 6.07) is 0. The number of anilines is 1. The number of nitrogens with one attached hydrogen (secondary N) is 1.